The molecule has 0 aliphatic rings. The Bertz CT molecular complexity index is 542. The maximum absolute atomic E-state index is 7.73. The minimum absolute atomic E-state index is 0.574. The molecule has 0 saturated heterocycles. The van der Waals surface area contributed by atoms with Gasteiger partial charge in [-0.25, -0.2) is 0 Å². The highest BCUT2D eigenvalue weighted by Crippen LogP contribution is 2.04. The Kier molecular flexibility index (Phi) is 0.871. The standard InChI is InChI=1S/C8H18S/c1-2-3-4-5-6-7-8-9/h9H,2-8H2,1H3/i1D3,2D2,3D2,4D2,5D2,6D2,7D2,8D2/hD. The predicted octanol–water partition coefficient (Wildman–Crippen LogP) is 3.28. The van der Waals surface area contributed by atoms with E-state index in [-0.39, 0.29) is 0 Å². The molecule has 0 heterocycles. The van der Waals surface area contributed by atoms with Crippen LogP contribution in [-0.2, 0) is 0 Å². The molecular weight excluding hydrogens is 128 g/mol. The van der Waals surface area contributed by atoms with Gasteiger partial charge >= 0.3 is 0 Å². The summed E-state index contributed by atoms with van der Waals surface area (Å²) in [5.74, 6) is 0. The minimum atomic E-state index is -4.28. The van der Waals surface area contributed by atoms with Gasteiger partial charge in [-0.1, -0.05) is 38.7 Å². The van der Waals surface area contributed by atoms with Crippen LogP contribution in [0, 0.1) is 0 Å². The van der Waals surface area contributed by atoms with Crippen molar-refractivity contribution in [1.29, 1.82) is 1.12 Å². The molecule has 0 nitrogen and oxygen atoms in total. The molecule has 0 aliphatic heterocycles. The van der Waals surface area contributed by atoms with Gasteiger partial charge in [0, 0.05) is 23.3 Å². The van der Waals surface area contributed by atoms with Crippen molar-refractivity contribution in [1.82, 2.24) is 0 Å². The third kappa shape index (κ3) is 8.35. The molecule has 0 saturated carbocycles. The van der Waals surface area contributed by atoms with Crippen molar-refractivity contribution in [2.24, 2.45) is 0 Å². The molecular formula is C8H18S. The first-order chi connectivity index (χ1) is 11.3. The normalized spacial score (nSPS) is 52.0. The molecule has 0 fully saturated rings. The van der Waals surface area contributed by atoms with E-state index < -0.39 is 63.3 Å². The van der Waals surface area contributed by atoms with E-state index in [0.29, 0.717) is 0 Å². The predicted molar refractivity (Wildman–Crippen MR) is 47.2 cm³/mol. The summed E-state index contributed by atoms with van der Waals surface area (Å²) < 4.78 is 134. The molecule has 0 aromatic carbocycles. The highest BCUT2D eigenvalue weighted by atomic mass is 32.1. The highest BCUT2D eigenvalue weighted by Gasteiger charge is 1.86. The van der Waals surface area contributed by atoms with Gasteiger partial charge in [-0.15, -0.1) is 0 Å². The van der Waals surface area contributed by atoms with Crippen LogP contribution in [0.3, 0.4) is 0 Å². The Morgan fingerprint density at radius 1 is 1.33 bits per heavy atom. The van der Waals surface area contributed by atoms with E-state index in [4.69, 9.17) is 24.4 Å². The molecule has 0 unspecified atom stereocenters. The summed E-state index contributed by atoms with van der Waals surface area (Å²) in [4.78, 5) is 0. The van der Waals surface area contributed by atoms with E-state index in [9.17, 15) is 0 Å². The lowest BCUT2D eigenvalue weighted by Crippen LogP contribution is -1.78. The summed E-state index contributed by atoms with van der Waals surface area (Å²) in [5, 5.41) is 0. The van der Waals surface area contributed by atoms with Gasteiger partial charge in [0.2, 0.25) is 0 Å². The quantitative estimate of drug-likeness (QED) is 0.549. The molecule has 56 valence electrons. The molecule has 0 rings (SSSR count). The third-order valence-corrected chi connectivity index (χ3v) is 0.466. The number of hydrogen-bond acceptors (Lipinski definition) is 1. The van der Waals surface area contributed by atoms with E-state index in [1.807, 2.05) is 0 Å². The van der Waals surface area contributed by atoms with Gasteiger partial charge in [0.1, 0.15) is 1.12 Å². The average Bonchev–Trinajstić information content (AvgIpc) is 2.44. The molecule has 0 bridgehead atoms. The minimum Gasteiger partial charge on any atom is -0.179 e. The van der Waals surface area contributed by atoms with Gasteiger partial charge in [-0.3, -0.25) is 0 Å². The van der Waals surface area contributed by atoms with Crippen LogP contribution in [0.4, 0.5) is 0 Å². The van der Waals surface area contributed by atoms with Crippen LogP contribution in [0.5, 0.6) is 0 Å². The van der Waals surface area contributed by atoms with E-state index >= 15 is 0 Å². The van der Waals surface area contributed by atoms with Gasteiger partial charge in [-0.05, 0) is 12.1 Å². The summed E-state index contributed by atoms with van der Waals surface area (Å²) >= 11 is -0.574. The van der Waals surface area contributed by atoms with Crippen molar-refractivity contribution in [3.63, 3.8) is 0 Å². The van der Waals surface area contributed by atoms with Gasteiger partial charge in [0.25, 0.3) is 0 Å². The second kappa shape index (κ2) is 8.35. The van der Waals surface area contributed by atoms with E-state index in [1.54, 1.807) is 0 Å². The first-order valence-electron chi connectivity index (χ1n) is 10.9. The van der Waals surface area contributed by atoms with E-state index in [0.717, 1.165) is 0 Å². The van der Waals surface area contributed by atoms with Crippen LogP contribution in [0.15, 0.2) is 0 Å². The molecule has 0 aliphatic carbocycles. The van der Waals surface area contributed by atoms with Crippen LogP contribution in [0.1, 0.15) is 68.4 Å². The molecule has 0 amide bonds. The van der Waals surface area contributed by atoms with Crippen molar-refractivity contribution < 1.29 is 23.3 Å². The average molecular weight is 164 g/mol. The van der Waals surface area contributed by atoms with Crippen molar-refractivity contribution in [2.75, 3.05) is 5.70 Å². The Morgan fingerprint density at radius 2 is 2.11 bits per heavy atom. The fraction of sp³-hybridized carbons (Fsp3) is 1.00. The lowest BCUT2D eigenvalue weighted by Gasteiger charge is -1.95. The molecule has 0 aromatic heterocycles. The molecule has 9 heavy (non-hydrogen) atoms. The Labute approximate surface area is 89.4 Å². The van der Waals surface area contributed by atoms with Crippen molar-refractivity contribution in [2.45, 2.75) is 45.1 Å². The lowest BCUT2D eigenvalue weighted by molar-refractivity contribution is 0.627. The van der Waals surface area contributed by atoms with Crippen LogP contribution in [0.2, 0.25) is 0 Å². The highest BCUT2D eigenvalue weighted by molar-refractivity contribution is 7.80. The zero-order chi connectivity index (χ0) is 22.7. The Balaban J connectivity index is 6.65. The first kappa shape index (κ1) is 0.939. The van der Waals surface area contributed by atoms with Crippen molar-refractivity contribution in [3.05, 3.63) is 0 Å². The number of thiol groups is 1. The molecule has 0 aromatic rings. The van der Waals surface area contributed by atoms with Gasteiger partial charge < -0.3 is 0 Å². The second-order valence-electron chi connectivity index (χ2n) is 0.852. The summed E-state index contributed by atoms with van der Waals surface area (Å²) in [7, 11) is 0. The van der Waals surface area contributed by atoms with E-state index in [1.165, 1.54) is 0 Å². The fourth-order valence-electron chi connectivity index (χ4n) is 0.151. The largest absolute Gasteiger partial charge is 0.179 e. The smallest absolute Gasteiger partial charge is 0.102 e. The van der Waals surface area contributed by atoms with Crippen molar-refractivity contribution in [3.8, 4) is 0 Å². The maximum atomic E-state index is 7.73. The number of rotatable bonds is 7. The van der Waals surface area contributed by atoms with Gasteiger partial charge in [-0.2, -0.15) is 12.5 Å². The SMILES string of the molecule is [2H]SC([2H])([2H])C([2H])([2H])C([2H])([2H])C([2H])([2H])C([2H])([2H])C([2H])([2H])C([2H])([2H])C([2H])([2H])[2H]. The molecule has 0 spiro atoms. The number of hydrogen-bond donors (Lipinski definition) is 1. The Morgan fingerprint density at radius 3 is 2.89 bits per heavy atom. The maximum Gasteiger partial charge on any atom is 0.102 e. The van der Waals surface area contributed by atoms with Gasteiger partial charge in [0.05, 0.1) is 0 Å². The summed E-state index contributed by atoms with van der Waals surface area (Å²) in [6.07, 6.45) is -24.8. The Hall–Kier alpha value is 0.350. The molecule has 0 N–H and O–H groups in total. The van der Waals surface area contributed by atoms with Crippen LogP contribution >= 0.6 is 12.5 Å². The van der Waals surface area contributed by atoms with Crippen LogP contribution < -0.4 is 0 Å². The molecule has 1 heteroatoms. The van der Waals surface area contributed by atoms with Crippen molar-refractivity contribution >= 4 is 12.5 Å². The fourth-order valence-corrected chi connectivity index (χ4v) is 0.202. The summed E-state index contributed by atoms with van der Waals surface area (Å²) in [6.45, 7) is -3.78. The molecule has 0 atom stereocenters. The van der Waals surface area contributed by atoms with Crippen LogP contribution in [-0.4, -0.2) is 6.83 Å². The summed E-state index contributed by atoms with van der Waals surface area (Å²) in [5.41, 5.74) is -3.41. The molecule has 0 radical (unpaired) electrons. The van der Waals surface area contributed by atoms with E-state index in [2.05, 4.69) is 0 Å². The summed E-state index contributed by atoms with van der Waals surface area (Å²) in [6, 6.07) is 0. The topological polar surface area (TPSA) is 0 Å². The second-order valence-corrected chi connectivity index (χ2v) is 1.06. The first-order valence-corrected chi connectivity index (χ1v) is 2.36. The monoisotopic (exact) mass is 164 g/mol. The lowest BCUT2D eigenvalue weighted by atomic mass is 10.1. The zero-order valence-electron chi connectivity index (χ0n) is 22.4. The zero-order valence-corrected chi connectivity index (χ0v) is 5.22. The third-order valence-electron chi connectivity index (χ3n) is 0.364. The van der Waals surface area contributed by atoms with Crippen LogP contribution in [0.25, 0.3) is 0 Å². The van der Waals surface area contributed by atoms with Gasteiger partial charge in [0.15, 0.2) is 0 Å².